The summed E-state index contributed by atoms with van der Waals surface area (Å²) in [5.41, 5.74) is 0.284. The van der Waals surface area contributed by atoms with Gasteiger partial charge in [-0.25, -0.2) is 0 Å². The van der Waals surface area contributed by atoms with E-state index in [0.29, 0.717) is 11.3 Å². The summed E-state index contributed by atoms with van der Waals surface area (Å²) < 4.78 is 38.0. The molecule has 0 aliphatic carbocycles. The lowest BCUT2D eigenvalue weighted by atomic mass is 10.1. The van der Waals surface area contributed by atoms with Gasteiger partial charge in [0.1, 0.15) is 5.50 Å². The standard InChI is InChI=1S/C11H10ClF3N2S/c1-16-10-17-9(5-18-10)6-2-7(11(13,14)15)4-8(12)3-6/h2-5,10,16-17H,1H3. The third-order valence-corrected chi connectivity index (χ3v) is 3.62. The molecule has 0 fully saturated rings. The Morgan fingerprint density at radius 2 is 2.06 bits per heavy atom. The number of hydrogen-bond donors (Lipinski definition) is 2. The average molecular weight is 295 g/mol. The van der Waals surface area contributed by atoms with Crippen LogP contribution in [0, 0.1) is 0 Å². The first kappa shape index (κ1) is 13.6. The Bertz CT molecular complexity index is 488. The lowest BCUT2D eigenvalue weighted by molar-refractivity contribution is -0.137. The van der Waals surface area contributed by atoms with Gasteiger partial charge in [-0.15, -0.1) is 0 Å². The maximum absolute atomic E-state index is 12.7. The summed E-state index contributed by atoms with van der Waals surface area (Å²) in [6, 6.07) is 3.51. The Morgan fingerprint density at radius 3 is 2.61 bits per heavy atom. The molecule has 1 aliphatic rings. The molecular weight excluding hydrogens is 285 g/mol. The van der Waals surface area contributed by atoms with Gasteiger partial charge in [0.15, 0.2) is 0 Å². The molecule has 2 rings (SSSR count). The molecule has 1 heterocycles. The van der Waals surface area contributed by atoms with Gasteiger partial charge in [0, 0.05) is 16.3 Å². The third kappa shape index (κ3) is 2.93. The predicted octanol–water partition coefficient (Wildman–Crippen LogP) is 3.50. The number of alkyl halides is 3. The zero-order valence-electron chi connectivity index (χ0n) is 9.31. The van der Waals surface area contributed by atoms with Crippen LogP contribution in [0.1, 0.15) is 11.1 Å². The first-order valence-corrected chi connectivity index (χ1v) is 6.40. The van der Waals surface area contributed by atoms with Crippen molar-refractivity contribution in [2.24, 2.45) is 0 Å². The Labute approximate surface area is 112 Å². The molecule has 0 aromatic heterocycles. The second-order valence-corrected chi connectivity index (χ2v) is 5.12. The van der Waals surface area contributed by atoms with Gasteiger partial charge < -0.3 is 5.32 Å². The molecule has 0 spiro atoms. The summed E-state index contributed by atoms with van der Waals surface area (Å²) in [5, 5.41) is 7.86. The average Bonchev–Trinajstić information content (AvgIpc) is 2.75. The molecule has 18 heavy (non-hydrogen) atoms. The van der Waals surface area contributed by atoms with E-state index in [4.69, 9.17) is 11.6 Å². The maximum atomic E-state index is 12.7. The Morgan fingerprint density at radius 1 is 1.33 bits per heavy atom. The van der Waals surface area contributed by atoms with E-state index >= 15 is 0 Å². The van der Waals surface area contributed by atoms with Gasteiger partial charge in [-0.1, -0.05) is 23.4 Å². The fourth-order valence-electron chi connectivity index (χ4n) is 1.55. The SMILES string of the molecule is CNC1NC(c2cc(Cl)cc(C(F)(F)F)c2)=CS1. The van der Waals surface area contributed by atoms with Crippen LogP contribution < -0.4 is 10.6 Å². The van der Waals surface area contributed by atoms with Gasteiger partial charge in [-0.3, -0.25) is 5.32 Å². The quantitative estimate of drug-likeness (QED) is 0.873. The van der Waals surface area contributed by atoms with Crippen molar-refractivity contribution < 1.29 is 13.2 Å². The van der Waals surface area contributed by atoms with Gasteiger partial charge in [-0.05, 0) is 30.7 Å². The smallest absolute Gasteiger partial charge is 0.360 e. The Kier molecular flexibility index (Phi) is 3.79. The van der Waals surface area contributed by atoms with E-state index in [9.17, 15) is 13.2 Å². The van der Waals surface area contributed by atoms with Gasteiger partial charge in [0.2, 0.25) is 0 Å². The highest BCUT2D eigenvalue weighted by Crippen LogP contribution is 2.34. The molecule has 0 amide bonds. The molecule has 1 aromatic rings. The van der Waals surface area contributed by atoms with Crippen LogP contribution in [0.2, 0.25) is 5.02 Å². The number of rotatable bonds is 2. The molecule has 1 atom stereocenters. The number of benzene rings is 1. The topological polar surface area (TPSA) is 24.1 Å². The maximum Gasteiger partial charge on any atom is 0.416 e. The van der Waals surface area contributed by atoms with E-state index in [2.05, 4.69) is 10.6 Å². The van der Waals surface area contributed by atoms with Crippen molar-refractivity contribution in [3.05, 3.63) is 39.8 Å². The van der Waals surface area contributed by atoms with Crippen LogP contribution >= 0.6 is 23.4 Å². The normalized spacial score (nSPS) is 19.6. The molecule has 1 aromatic carbocycles. The Hall–Kier alpha value is -0.850. The summed E-state index contributed by atoms with van der Waals surface area (Å²) >= 11 is 7.18. The predicted molar refractivity (Wildman–Crippen MR) is 68.0 cm³/mol. The fourth-order valence-corrected chi connectivity index (χ4v) is 2.59. The highest BCUT2D eigenvalue weighted by atomic mass is 35.5. The van der Waals surface area contributed by atoms with E-state index in [0.717, 1.165) is 12.1 Å². The zero-order valence-corrected chi connectivity index (χ0v) is 10.9. The molecule has 98 valence electrons. The van der Waals surface area contributed by atoms with E-state index in [1.807, 2.05) is 0 Å². The summed E-state index contributed by atoms with van der Waals surface area (Å²) in [4.78, 5) is 0. The lowest BCUT2D eigenvalue weighted by Gasteiger charge is -2.13. The van der Waals surface area contributed by atoms with Crippen LogP contribution in [0.15, 0.2) is 23.6 Å². The molecule has 2 nitrogen and oxygen atoms in total. The molecule has 2 N–H and O–H groups in total. The number of halogens is 4. The van der Waals surface area contributed by atoms with Gasteiger partial charge >= 0.3 is 6.18 Å². The van der Waals surface area contributed by atoms with Gasteiger partial charge in [-0.2, -0.15) is 13.2 Å². The molecule has 0 radical (unpaired) electrons. The largest absolute Gasteiger partial charge is 0.416 e. The van der Waals surface area contributed by atoms with Crippen LogP contribution in [0.25, 0.3) is 5.70 Å². The molecule has 1 aliphatic heterocycles. The molecule has 1 unspecified atom stereocenters. The molecule has 0 bridgehead atoms. The first-order valence-electron chi connectivity index (χ1n) is 5.08. The Balaban J connectivity index is 2.32. The van der Waals surface area contributed by atoms with Crippen molar-refractivity contribution in [1.29, 1.82) is 0 Å². The zero-order chi connectivity index (χ0) is 13.3. The number of nitrogens with one attached hydrogen (secondary N) is 2. The summed E-state index contributed by atoms with van der Waals surface area (Å²) in [7, 11) is 1.76. The van der Waals surface area contributed by atoms with E-state index in [-0.39, 0.29) is 10.5 Å². The second kappa shape index (κ2) is 5.03. The molecule has 0 saturated heterocycles. The minimum absolute atomic E-state index is 0.0340. The van der Waals surface area contributed by atoms with Crippen LogP contribution in [0.3, 0.4) is 0 Å². The molecule has 7 heteroatoms. The van der Waals surface area contributed by atoms with Crippen molar-refractivity contribution in [2.45, 2.75) is 11.7 Å². The van der Waals surface area contributed by atoms with Crippen LogP contribution in [0.5, 0.6) is 0 Å². The van der Waals surface area contributed by atoms with Gasteiger partial charge in [0.05, 0.1) is 5.56 Å². The highest BCUT2D eigenvalue weighted by Gasteiger charge is 2.31. The van der Waals surface area contributed by atoms with E-state index in [1.54, 1.807) is 12.5 Å². The lowest BCUT2D eigenvalue weighted by Crippen LogP contribution is -2.32. The van der Waals surface area contributed by atoms with Crippen molar-refractivity contribution in [3.63, 3.8) is 0 Å². The van der Waals surface area contributed by atoms with Crippen molar-refractivity contribution in [2.75, 3.05) is 7.05 Å². The summed E-state index contributed by atoms with van der Waals surface area (Å²) in [6.45, 7) is 0. The summed E-state index contributed by atoms with van der Waals surface area (Å²) in [5.74, 6) is 0. The molecular formula is C11H10ClF3N2S. The van der Waals surface area contributed by atoms with Crippen LogP contribution in [0.4, 0.5) is 13.2 Å². The van der Waals surface area contributed by atoms with E-state index < -0.39 is 11.7 Å². The van der Waals surface area contributed by atoms with Crippen molar-refractivity contribution >= 4 is 29.1 Å². The van der Waals surface area contributed by atoms with Crippen LogP contribution in [-0.4, -0.2) is 12.5 Å². The first-order chi connectivity index (χ1) is 8.40. The monoisotopic (exact) mass is 294 g/mol. The minimum Gasteiger partial charge on any atom is -0.360 e. The number of thioether (sulfide) groups is 1. The minimum atomic E-state index is -4.39. The van der Waals surface area contributed by atoms with Gasteiger partial charge in [0.25, 0.3) is 0 Å². The van der Waals surface area contributed by atoms with E-state index in [1.165, 1.54) is 17.8 Å². The van der Waals surface area contributed by atoms with Crippen molar-refractivity contribution in [3.8, 4) is 0 Å². The summed E-state index contributed by atoms with van der Waals surface area (Å²) in [6.07, 6.45) is -4.39. The third-order valence-electron chi connectivity index (χ3n) is 2.41. The van der Waals surface area contributed by atoms with Crippen molar-refractivity contribution in [1.82, 2.24) is 10.6 Å². The molecule has 0 saturated carbocycles. The number of hydrogen-bond acceptors (Lipinski definition) is 3. The fraction of sp³-hybridized carbons (Fsp3) is 0.273. The highest BCUT2D eigenvalue weighted by molar-refractivity contribution is 8.03. The second-order valence-electron chi connectivity index (χ2n) is 3.71. The van der Waals surface area contributed by atoms with Crippen LogP contribution in [-0.2, 0) is 6.18 Å².